The van der Waals surface area contributed by atoms with Crippen LogP contribution in [0.3, 0.4) is 0 Å². The summed E-state index contributed by atoms with van der Waals surface area (Å²) < 4.78 is 24.3. The Hall–Kier alpha value is -4.46. The molecule has 2 aliphatic heterocycles. The lowest BCUT2D eigenvalue weighted by Gasteiger charge is -2.29. The Bertz CT molecular complexity index is 1440. The minimum absolute atomic E-state index is 0.172. The molecule has 0 unspecified atom stereocenters. The minimum Gasteiger partial charge on any atom is -0.489 e. The number of aromatic nitrogens is 1. The van der Waals surface area contributed by atoms with Crippen molar-refractivity contribution in [3.05, 3.63) is 78.0 Å². The third kappa shape index (κ3) is 4.00. The second kappa shape index (κ2) is 9.30. The van der Waals surface area contributed by atoms with Gasteiger partial charge in [-0.1, -0.05) is 30.3 Å². The molecule has 8 nitrogen and oxygen atoms in total. The lowest BCUT2D eigenvalue weighted by atomic mass is 10.0. The van der Waals surface area contributed by atoms with Crippen molar-refractivity contribution in [3.63, 3.8) is 0 Å². The largest absolute Gasteiger partial charge is 0.489 e. The van der Waals surface area contributed by atoms with Gasteiger partial charge in [-0.05, 0) is 23.8 Å². The van der Waals surface area contributed by atoms with E-state index in [2.05, 4.69) is 10.3 Å². The fraction of sp³-hybridized carbons (Fsp3) is 0.214. The summed E-state index contributed by atoms with van der Waals surface area (Å²) in [7, 11) is 1.61. The molecule has 0 radical (unpaired) electrons. The number of nitrogens with one attached hydrogen (secondary N) is 1. The van der Waals surface area contributed by atoms with Crippen LogP contribution in [0.1, 0.15) is 11.1 Å². The number of pyridine rings is 1. The number of amides is 2. The number of urea groups is 1. The summed E-state index contributed by atoms with van der Waals surface area (Å²) in [6.45, 7) is 1.92. The number of rotatable bonds is 5. The van der Waals surface area contributed by atoms with Crippen LogP contribution in [0, 0.1) is 0 Å². The quantitative estimate of drug-likeness (QED) is 0.426. The summed E-state index contributed by atoms with van der Waals surface area (Å²) in [6, 6.07) is 19.1. The summed E-state index contributed by atoms with van der Waals surface area (Å²) in [5.74, 6) is 3.31. The number of carbonyl (C=O) groups excluding carboxylic acids is 1. The van der Waals surface area contributed by atoms with E-state index in [9.17, 15) is 4.79 Å². The van der Waals surface area contributed by atoms with Crippen molar-refractivity contribution < 1.29 is 23.7 Å². The van der Waals surface area contributed by atoms with Crippen LogP contribution in [-0.4, -0.2) is 37.8 Å². The molecule has 4 aromatic rings. The van der Waals surface area contributed by atoms with Crippen molar-refractivity contribution in [2.45, 2.75) is 13.0 Å². The van der Waals surface area contributed by atoms with Crippen molar-refractivity contribution >= 4 is 22.6 Å². The van der Waals surface area contributed by atoms with E-state index >= 15 is 0 Å². The fourth-order valence-corrected chi connectivity index (χ4v) is 4.64. The molecule has 0 bridgehead atoms. The zero-order valence-corrected chi connectivity index (χ0v) is 19.8. The summed E-state index contributed by atoms with van der Waals surface area (Å²) in [4.78, 5) is 18.5. The van der Waals surface area contributed by atoms with Crippen LogP contribution in [0.25, 0.3) is 10.9 Å². The molecule has 2 amide bonds. The van der Waals surface area contributed by atoms with Crippen molar-refractivity contribution in [2.75, 3.05) is 31.7 Å². The van der Waals surface area contributed by atoms with Crippen LogP contribution < -0.4 is 29.2 Å². The molecule has 3 aromatic carbocycles. The zero-order chi connectivity index (χ0) is 24.5. The predicted octanol–water partition coefficient (Wildman–Crippen LogP) is 5.08. The number of benzene rings is 3. The van der Waals surface area contributed by atoms with Crippen molar-refractivity contribution in [1.82, 2.24) is 10.3 Å². The van der Waals surface area contributed by atoms with Gasteiger partial charge >= 0.3 is 6.03 Å². The third-order valence-electron chi connectivity index (χ3n) is 6.33. The van der Waals surface area contributed by atoms with E-state index in [0.717, 1.165) is 34.2 Å². The average molecular weight is 484 g/mol. The first-order valence-corrected chi connectivity index (χ1v) is 11.9. The van der Waals surface area contributed by atoms with Gasteiger partial charge in [0.05, 0.1) is 29.7 Å². The predicted molar refractivity (Wildman–Crippen MR) is 136 cm³/mol. The molecular formula is C28H25N3O5. The topological polar surface area (TPSA) is 82.2 Å². The lowest BCUT2D eigenvalue weighted by molar-refractivity contribution is 0.241. The van der Waals surface area contributed by atoms with Crippen LogP contribution in [0.2, 0.25) is 0 Å². The maximum Gasteiger partial charge on any atom is 0.321 e. The number of anilines is 1. The number of fused-ring (bicyclic) bond motifs is 4. The Labute approximate surface area is 208 Å². The first-order valence-electron chi connectivity index (χ1n) is 11.9. The molecule has 3 heterocycles. The fourth-order valence-electron chi connectivity index (χ4n) is 4.64. The molecule has 0 saturated heterocycles. The van der Waals surface area contributed by atoms with Gasteiger partial charge in [-0.3, -0.25) is 9.88 Å². The van der Waals surface area contributed by atoms with E-state index in [4.69, 9.17) is 18.9 Å². The lowest BCUT2D eigenvalue weighted by Crippen LogP contribution is -2.42. The van der Waals surface area contributed by atoms with Gasteiger partial charge in [-0.2, -0.15) is 0 Å². The maximum absolute atomic E-state index is 12.2. The Morgan fingerprint density at radius 2 is 1.94 bits per heavy atom. The van der Waals surface area contributed by atoms with Crippen molar-refractivity contribution in [3.8, 4) is 28.7 Å². The highest BCUT2D eigenvalue weighted by molar-refractivity contribution is 5.94. The standard InChI is InChI=1S/C28H25N3O5/c1-29-28(32)31-12-14-33-24-15-19(7-8-22(24)31)36-23-9-11-30-21-16-25(27-20(26(21)23)10-13-34-27)35-17-18-5-3-2-4-6-18/h2-9,11,15-16H,10,12-14,17H2,1H3,(H,29,32). The van der Waals surface area contributed by atoms with Crippen LogP contribution >= 0.6 is 0 Å². The number of nitrogens with zero attached hydrogens (tertiary/aromatic N) is 2. The number of hydrogen-bond donors (Lipinski definition) is 1. The molecule has 0 fully saturated rings. The van der Waals surface area contributed by atoms with Crippen LogP contribution in [-0.2, 0) is 13.0 Å². The van der Waals surface area contributed by atoms with E-state index in [1.165, 1.54) is 0 Å². The van der Waals surface area contributed by atoms with E-state index in [1.54, 1.807) is 18.1 Å². The van der Waals surface area contributed by atoms with E-state index < -0.39 is 0 Å². The molecule has 0 saturated carbocycles. The molecule has 8 heteroatoms. The highest BCUT2D eigenvalue weighted by atomic mass is 16.5. The van der Waals surface area contributed by atoms with Gasteiger partial charge in [0.25, 0.3) is 0 Å². The maximum atomic E-state index is 12.2. The highest BCUT2D eigenvalue weighted by Gasteiger charge is 2.26. The summed E-state index contributed by atoms with van der Waals surface area (Å²) in [6.07, 6.45) is 2.47. The van der Waals surface area contributed by atoms with Gasteiger partial charge < -0.3 is 24.3 Å². The Morgan fingerprint density at radius 3 is 2.81 bits per heavy atom. The second-order valence-electron chi connectivity index (χ2n) is 8.55. The molecule has 1 aromatic heterocycles. The van der Waals surface area contributed by atoms with E-state index in [0.29, 0.717) is 55.1 Å². The molecule has 1 N–H and O–H groups in total. The van der Waals surface area contributed by atoms with Gasteiger partial charge in [0.2, 0.25) is 0 Å². The zero-order valence-electron chi connectivity index (χ0n) is 19.8. The number of ether oxygens (including phenoxy) is 4. The average Bonchev–Trinajstić information content (AvgIpc) is 3.42. The molecule has 2 aliphatic rings. The number of carbonyl (C=O) groups is 1. The summed E-state index contributed by atoms with van der Waals surface area (Å²) in [5, 5.41) is 3.57. The molecule has 182 valence electrons. The normalized spacial score (nSPS) is 13.9. The highest BCUT2D eigenvalue weighted by Crippen LogP contribution is 2.45. The van der Waals surface area contributed by atoms with Gasteiger partial charge in [0, 0.05) is 37.4 Å². The Balaban J connectivity index is 1.33. The smallest absolute Gasteiger partial charge is 0.321 e. The summed E-state index contributed by atoms with van der Waals surface area (Å²) in [5.41, 5.74) is 3.60. The second-order valence-corrected chi connectivity index (χ2v) is 8.55. The van der Waals surface area contributed by atoms with E-state index in [1.807, 2.05) is 60.7 Å². The first-order chi connectivity index (χ1) is 17.7. The third-order valence-corrected chi connectivity index (χ3v) is 6.33. The van der Waals surface area contributed by atoms with Gasteiger partial charge in [0.15, 0.2) is 11.5 Å². The molecule has 0 aliphatic carbocycles. The molecular weight excluding hydrogens is 458 g/mol. The molecule has 6 rings (SSSR count). The van der Waals surface area contributed by atoms with Crippen LogP contribution in [0.5, 0.6) is 28.7 Å². The van der Waals surface area contributed by atoms with Crippen molar-refractivity contribution in [1.29, 1.82) is 0 Å². The van der Waals surface area contributed by atoms with Gasteiger partial charge in [0.1, 0.15) is 30.5 Å². The number of hydrogen-bond acceptors (Lipinski definition) is 6. The van der Waals surface area contributed by atoms with Crippen molar-refractivity contribution in [2.24, 2.45) is 0 Å². The van der Waals surface area contributed by atoms with E-state index in [-0.39, 0.29) is 6.03 Å². The van der Waals surface area contributed by atoms with Gasteiger partial charge in [-0.25, -0.2) is 4.79 Å². The van der Waals surface area contributed by atoms with Crippen LogP contribution in [0.15, 0.2) is 66.9 Å². The Morgan fingerprint density at radius 1 is 1.06 bits per heavy atom. The monoisotopic (exact) mass is 483 g/mol. The van der Waals surface area contributed by atoms with Gasteiger partial charge in [-0.15, -0.1) is 0 Å². The molecule has 0 atom stereocenters. The Kier molecular flexibility index (Phi) is 5.69. The molecule has 36 heavy (non-hydrogen) atoms. The molecule has 0 spiro atoms. The first kappa shape index (κ1) is 22.0. The SMILES string of the molecule is CNC(=O)N1CCOc2cc(Oc3ccnc4cc(OCc5ccccc5)c5c(c34)CCO5)ccc21. The van der Waals surface area contributed by atoms with Crippen LogP contribution in [0.4, 0.5) is 10.5 Å². The minimum atomic E-state index is -0.172. The summed E-state index contributed by atoms with van der Waals surface area (Å²) >= 11 is 0.